The van der Waals surface area contributed by atoms with Gasteiger partial charge in [0.1, 0.15) is 12.7 Å². The van der Waals surface area contributed by atoms with Gasteiger partial charge in [-0.15, -0.1) is 0 Å². The van der Waals surface area contributed by atoms with Crippen LogP contribution in [0.5, 0.6) is 0 Å². The summed E-state index contributed by atoms with van der Waals surface area (Å²) in [5, 5.41) is 25.4. The van der Waals surface area contributed by atoms with Crippen LogP contribution in [0.1, 0.15) is 84.0 Å². The molecular formula is C21H43NO5. The third kappa shape index (κ3) is 27.4. The van der Waals surface area contributed by atoms with Crippen LogP contribution in [0.25, 0.3) is 0 Å². The number of rotatable bonds is 17. The summed E-state index contributed by atoms with van der Waals surface area (Å²) >= 11 is 0. The topological polar surface area (TPSA) is 113 Å². The lowest BCUT2D eigenvalue weighted by atomic mass is 10.1. The number of aliphatic hydroxyl groups excluding tert-OH is 3. The Kier molecular flexibility index (Phi) is 26.2. The number of ether oxygens (including phenoxy) is 1. The van der Waals surface area contributed by atoms with E-state index < -0.39 is 18.7 Å². The van der Waals surface area contributed by atoms with E-state index in [2.05, 4.69) is 6.92 Å². The van der Waals surface area contributed by atoms with Gasteiger partial charge in [-0.3, -0.25) is 0 Å². The van der Waals surface area contributed by atoms with Gasteiger partial charge in [0, 0.05) is 12.6 Å². The van der Waals surface area contributed by atoms with Gasteiger partial charge in [0.15, 0.2) is 0 Å². The number of hydrogen-bond acceptors (Lipinski definition) is 6. The van der Waals surface area contributed by atoms with Crippen LogP contribution in [-0.4, -0.2) is 53.8 Å². The van der Waals surface area contributed by atoms with Crippen molar-refractivity contribution in [3.05, 3.63) is 12.2 Å². The van der Waals surface area contributed by atoms with Crippen LogP contribution in [0.15, 0.2) is 12.2 Å². The molecule has 0 saturated heterocycles. The predicted octanol–water partition coefficient (Wildman–Crippen LogP) is 3.08. The molecule has 0 rings (SSSR count). The average molecular weight is 390 g/mol. The minimum atomic E-state index is -0.987. The molecule has 0 bridgehead atoms. The standard InChI is InChI=1S/C19H36O4.C2H7NO/c1-2-3-4-5-6-7-8-9-10-11-12-13-14-15-19(22)23-17-18(21)16-20;3-1-2-4/h14-15,18,20-21H,2-13,16-17H2,1H3;4H,1-3H2/b15-14+;. The van der Waals surface area contributed by atoms with Gasteiger partial charge < -0.3 is 25.8 Å². The summed E-state index contributed by atoms with van der Waals surface area (Å²) in [6.45, 7) is 2.17. The Hall–Kier alpha value is -0.950. The van der Waals surface area contributed by atoms with Crippen molar-refractivity contribution < 1.29 is 24.9 Å². The first kappa shape index (κ1) is 28.3. The molecule has 0 aliphatic carbocycles. The van der Waals surface area contributed by atoms with Crippen LogP contribution in [-0.2, 0) is 9.53 Å². The molecule has 162 valence electrons. The van der Waals surface area contributed by atoms with Crippen LogP contribution < -0.4 is 5.73 Å². The zero-order valence-electron chi connectivity index (χ0n) is 17.3. The average Bonchev–Trinajstić information content (AvgIpc) is 2.69. The molecule has 6 nitrogen and oxygen atoms in total. The molecule has 6 heteroatoms. The van der Waals surface area contributed by atoms with E-state index in [-0.39, 0.29) is 13.2 Å². The Morgan fingerprint density at radius 2 is 1.44 bits per heavy atom. The van der Waals surface area contributed by atoms with Gasteiger partial charge in [-0.1, -0.05) is 77.2 Å². The molecule has 0 spiro atoms. The number of aliphatic hydroxyl groups is 3. The van der Waals surface area contributed by atoms with E-state index in [9.17, 15) is 4.79 Å². The quantitative estimate of drug-likeness (QED) is 0.173. The first-order chi connectivity index (χ1) is 13.1. The zero-order chi connectivity index (χ0) is 20.6. The summed E-state index contributed by atoms with van der Waals surface area (Å²) in [4.78, 5) is 11.3. The molecule has 0 heterocycles. The van der Waals surface area contributed by atoms with Crippen LogP contribution in [0.3, 0.4) is 0 Å². The lowest BCUT2D eigenvalue weighted by molar-refractivity contribution is -0.141. The van der Waals surface area contributed by atoms with Crippen LogP contribution in [0.2, 0.25) is 0 Å². The number of unbranched alkanes of at least 4 members (excludes halogenated alkanes) is 11. The monoisotopic (exact) mass is 389 g/mol. The molecule has 1 unspecified atom stereocenters. The fraction of sp³-hybridized carbons (Fsp3) is 0.857. The van der Waals surface area contributed by atoms with E-state index in [4.69, 9.17) is 25.8 Å². The van der Waals surface area contributed by atoms with Gasteiger partial charge in [-0.25, -0.2) is 4.79 Å². The lowest BCUT2D eigenvalue weighted by Gasteiger charge is -2.06. The van der Waals surface area contributed by atoms with E-state index in [1.165, 1.54) is 70.3 Å². The van der Waals surface area contributed by atoms with E-state index in [1.807, 2.05) is 6.08 Å². The Bertz CT molecular complexity index is 322. The molecular weight excluding hydrogens is 346 g/mol. The Morgan fingerprint density at radius 1 is 0.963 bits per heavy atom. The second-order valence-electron chi connectivity index (χ2n) is 6.71. The van der Waals surface area contributed by atoms with Crippen molar-refractivity contribution in [2.75, 3.05) is 26.4 Å². The summed E-state index contributed by atoms with van der Waals surface area (Å²) in [6.07, 6.45) is 17.6. The van der Waals surface area contributed by atoms with Gasteiger partial charge in [0.25, 0.3) is 0 Å². The highest BCUT2D eigenvalue weighted by atomic mass is 16.5. The maximum absolute atomic E-state index is 11.3. The van der Waals surface area contributed by atoms with Crippen molar-refractivity contribution in [2.45, 2.75) is 90.1 Å². The van der Waals surface area contributed by atoms with Crippen molar-refractivity contribution in [1.82, 2.24) is 0 Å². The molecule has 1 atom stereocenters. The number of allylic oxidation sites excluding steroid dienone is 1. The van der Waals surface area contributed by atoms with E-state index in [0.29, 0.717) is 6.54 Å². The Balaban J connectivity index is 0. The molecule has 0 aliphatic heterocycles. The smallest absolute Gasteiger partial charge is 0.330 e. The zero-order valence-corrected chi connectivity index (χ0v) is 17.3. The highest BCUT2D eigenvalue weighted by molar-refractivity contribution is 5.81. The van der Waals surface area contributed by atoms with Crippen LogP contribution >= 0.6 is 0 Å². The number of carbonyl (C=O) groups is 1. The van der Waals surface area contributed by atoms with Gasteiger partial charge in [0.2, 0.25) is 0 Å². The van der Waals surface area contributed by atoms with Crippen molar-refractivity contribution >= 4 is 5.97 Å². The van der Waals surface area contributed by atoms with E-state index in [1.54, 1.807) is 0 Å². The second kappa shape index (κ2) is 25.1. The lowest BCUT2D eigenvalue weighted by Crippen LogP contribution is -2.21. The maximum Gasteiger partial charge on any atom is 0.330 e. The number of hydrogen-bond donors (Lipinski definition) is 4. The second-order valence-corrected chi connectivity index (χ2v) is 6.71. The molecule has 0 saturated carbocycles. The summed E-state index contributed by atoms with van der Waals surface area (Å²) in [5.41, 5.74) is 4.78. The molecule has 0 fully saturated rings. The normalized spacial score (nSPS) is 11.9. The van der Waals surface area contributed by atoms with Crippen LogP contribution in [0.4, 0.5) is 0 Å². The maximum atomic E-state index is 11.3. The Labute approximate surface area is 165 Å². The third-order valence-electron chi connectivity index (χ3n) is 3.99. The predicted molar refractivity (Wildman–Crippen MR) is 110 cm³/mol. The van der Waals surface area contributed by atoms with Gasteiger partial charge in [0.05, 0.1) is 13.2 Å². The summed E-state index contributed by atoms with van der Waals surface area (Å²) in [6, 6.07) is 0. The largest absolute Gasteiger partial charge is 0.460 e. The summed E-state index contributed by atoms with van der Waals surface area (Å²) in [7, 11) is 0. The highest BCUT2D eigenvalue weighted by Gasteiger charge is 2.04. The fourth-order valence-electron chi connectivity index (χ4n) is 2.39. The minimum Gasteiger partial charge on any atom is -0.460 e. The number of carbonyl (C=O) groups excluding carboxylic acids is 1. The van der Waals surface area contributed by atoms with E-state index >= 15 is 0 Å². The van der Waals surface area contributed by atoms with Crippen LogP contribution in [0, 0.1) is 0 Å². The molecule has 0 aromatic heterocycles. The van der Waals surface area contributed by atoms with Gasteiger partial charge in [-0.2, -0.15) is 0 Å². The first-order valence-electron chi connectivity index (χ1n) is 10.5. The fourth-order valence-corrected chi connectivity index (χ4v) is 2.39. The van der Waals surface area contributed by atoms with Crippen molar-refractivity contribution in [2.24, 2.45) is 5.73 Å². The SMILES string of the molecule is CCCCCCCCCCCCC/C=C/C(=O)OCC(O)CO.NCCO. The number of esters is 1. The molecule has 5 N–H and O–H groups in total. The van der Waals surface area contributed by atoms with Gasteiger partial charge in [-0.05, 0) is 12.8 Å². The molecule has 0 aliphatic rings. The number of nitrogens with two attached hydrogens (primary N) is 1. The van der Waals surface area contributed by atoms with Crippen molar-refractivity contribution in [3.8, 4) is 0 Å². The molecule has 27 heavy (non-hydrogen) atoms. The highest BCUT2D eigenvalue weighted by Crippen LogP contribution is 2.12. The van der Waals surface area contributed by atoms with Crippen molar-refractivity contribution in [3.63, 3.8) is 0 Å². The summed E-state index contributed by atoms with van der Waals surface area (Å²) in [5.74, 6) is -0.458. The Morgan fingerprint density at radius 3 is 1.89 bits per heavy atom. The minimum absolute atomic E-state index is 0.0972. The molecule has 0 aromatic carbocycles. The molecule has 0 radical (unpaired) electrons. The van der Waals surface area contributed by atoms with Gasteiger partial charge >= 0.3 is 5.97 Å². The molecule has 0 aromatic rings. The first-order valence-corrected chi connectivity index (χ1v) is 10.5. The summed E-state index contributed by atoms with van der Waals surface area (Å²) < 4.78 is 4.77. The third-order valence-corrected chi connectivity index (χ3v) is 3.99. The van der Waals surface area contributed by atoms with Crippen molar-refractivity contribution in [1.29, 1.82) is 0 Å². The van der Waals surface area contributed by atoms with E-state index in [0.717, 1.165) is 12.8 Å². The molecule has 0 amide bonds.